The first-order chi connectivity index (χ1) is 7.35. The van der Waals surface area contributed by atoms with E-state index in [4.69, 9.17) is 10.9 Å². The zero-order valence-corrected chi connectivity index (χ0v) is 10.9. The third kappa shape index (κ3) is 4.80. The van der Waals surface area contributed by atoms with Crippen molar-refractivity contribution in [1.82, 2.24) is 4.31 Å². The van der Waals surface area contributed by atoms with E-state index in [1.807, 2.05) is 6.92 Å². The highest BCUT2D eigenvalue weighted by Gasteiger charge is 2.25. The lowest BCUT2D eigenvalue weighted by molar-refractivity contribution is 0.312. The zero-order chi connectivity index (χ0) is 12.8. The van der Waals surface area contributed by atoms with Gasteiger partial charge in [0.25, 0.3) is 0 Å². The Hall–Kier alpha value is -0.820. The smallest absolute Gasteiger partial charge is 0.214 e. The zero-order valence-electron chi connectivity index (χ0n) is 10.0. The van der Waals surface area contributed by atoms with Crippen molar-refractivity contribution in [3.8, 4) is 0 Å². The van der Waals surface area contributed by atoms with Gasteiger partial charge in [-0.1, -0.05) is 18.5 Å². The van der Waals surface area contributed by atoms with E-state index >= 15 is 0 Å². The summed E-state index contributed by atoms with van der Waals surface area (Å²) in [5, 5.41) is 11.2. The van der Waals surface area contributed by atoms with Crippen LogP contribution in [0.4, 0.5) is 0 Å². The molecule has 0 aromatic rings. The second-order valence-electron chi connectivity index (χ2n) is 3.90. The van der Waals surface area contributed by atoms with Crippen LogP contribution in [0.2, 0.25) is 0 Å². The van der Waals surface area contributed by atoms with E-state index in [0.717, 1.165) is 6.42 Å². The van der Waals surface area contributed by atoms with Gasteiger partial charge >= 0.3 is 0 Å². The van der Waals surface area contributed by atoms with Crippen LogP contribution in [0.1, 0.15) is 33.6 Å². The normalized spacial score (nSPS) is 13.7. The molecule has 0 bridgehead atoms. The van der Waals surface area contributed by atoms with Gasteiger partial charge < -0.3 is 10.9 Å². The first-order valence-electron chi connectivity index (χ1n) is 5.31. The molecule has 6 nitrogen and oxygen atoms in total. The summed E-state index contributed by atoms with van der Waals surface area (Å²) in [6.45, 7) is 5.38. The van der Waals surface area contributed by atoms with Crippen LogP contribution in [-0.4, -0.2) is 42.1 Å². The molecule has 0 heterocycles. The van der Waals surface area contributed by atoms with E-state index in [2.05, 4.69) is 5.16 Å². The first-order valence-corrected chi connectivity index (χ1v) is 6.92. The summed E-state index contributed by atoms with van der Waals surface area (Å²) < 4.78 is 25.1. The Bertz CT molecular complexity index is 325. The Kier molecular flexibility index (Phi) is 6.35. The van der Waals surface area contributed by atoms with Gasteiger partial charge in [-0.3, -0.25) is 0 Å². The maximum atomic E-state index is 11.9. The third-order valence-corrected chi connectivity index (χ3v) is 4.21. The Labute approximate surface area is 97.2 Å². The van der Waals surface area contributed by atoms with Gasteiger partial charge in [-0.15, -0.1) is 0 Å². The lowest BCUT2D eigenvalue weighted by Crippen LogP contribution is -2.43. The van der Waals surface area contributed by atoms with Gasteiger partial charge in [-0.2, -0.15) is 4.31 Å². The van der Waals surface area contributed by atoms with Crippen molar-refractivity contribution in [2.24, 2.45) is 10.9 Å². The summed E-state index contributed by atoms with van der Waals surface area (Å²) in [6, 6.07) is -0.206. The van der Waals surface area contributed by atoms with Crippen LogP contribution in [0, 0.1) is 0 Å². The minimum absolute atomic E-state index is 0.0692. The van der Waals surface area contributed by atoms with E-state index in [0.29, 0.717) is 6.42 Å². The van der Waals surface area contributed by atoms with Crippen LogP contribution in [0.25, 0.3) is 0 Å². The van der Waals surface area contributed by atoms with Crippen LogP contribution >= 0.6 is 0 Å². The second-order valence-corrected chi connectivity index (χ2v) is 5.94. The monoisotopic (exact) mass is 251 g/mol. The van der Waals surface area contributed by atoms with Crippen LogP contribution in [0.15, 0.2) is 5.16 Å². The standard InChI is InChI=1S/C9H21N3O3S/c1-4-5-6-16(14,15)12(8(2)3)7-9(10)11-13/h8,13H,4-7H2,1-3H3,(H2,10,11). The molecule has 3 N–H and O–H groups in total. The molecule has 7 heteroatoms. The highest BCUT2D eigenvalue weighted by Crippen LogP contribution is 2.09. The van der Waals surface area contributed by atoms with Gasteiger partial charge in [0.2, 0.25) is 10.0 Å². The molecule has 0 saturated carbocycles. The topological polar surface area (TPSA) is 96.0 Å². The number of amidine groups is 1. The maximum Gasteiger partial charge on any atom is 0.214 e. The van der Waals surface area contributed by atoms with Crippen molar-refractivity contribution in [3.05, 3.63) is 0 Å². The van der Waals surface area contributed by atoms with Gasteiger partial charge in [0.05, 0.1) is 12.3 Å². The van der Waals surface area contributed by atoms with E-state index < -0.39 is 10.0 Å². The van der Waals surface area contributed by atoms with Crippen molar-refractivity contribution in [2.45, 2.75) is 39.7 Å². The van der Waals surface area contributed by atoms with Crippen LogP contribution in [0.3, 0.4) is 0 Å². The van der Waals surface area contributed by atoms with Crippen molar-refractivity contribution in [1.29, 1.82) is 0 Å². The minimum atomic E-state index is -3.33. The molecule has 0 amide bonds. The number of nitrogens with two attached hydrogens (primary N) is 1. The van der Waals surface area contributed by atoms with Crippen LogP contribution < -0.4 is 5.73 Å². The molecule has 0 aromatic heterocycles. The molecule has 16 heavy (non-hydrogen) atoms. The summed E-state index contributed by atoms with van der Waals surface area (Å²) in [4.78, 5) is 0. The molecule has 0 aliphatic rings. The number of hydrogen-bond donors (Lipinski definition) is 2. The van der Waals surface area contributed by atoms with E-state index in [9.17, 15) is 8.42 Å². The van der Waals surface area contributed by atoms with E-state index in [1.165, 1.54) is 4.31 Å². The summed E-state index contributed by atoms with van der Waals surface area (Å²) in [6.07, 6.45) is 1.43. The quantitative estimate of drug-likeness (QED) is 0.299. The van der Waals surface area contributed by atoms with Gasteiger partial charge in [0, 0.05) is 6.04 Å². The second kappa shape index (κ2) is 6.70. The number of hydrogen-bond acceptors (Lipinski definition) is 4. The van der Waals surface area contributed by atoms with Crippen molar-refractivity contribution < 1.29 is 13.6 Å². The highest BCUT2D eigenvalue weighted by atomic mass is 32.2. The Morgan fingerprint density at radius 3 is 2.44 bits per heavy atom. The molecule has 96 valence electrons. The molecule has 0 saturated heterocycles. The SMILES string of the molecule is CCCCS(=O)(=O)N(CC(N)=NO)C(C)C. The van der Waals surface area contributed by atoms with Crippen molar-refractivity contribution >= 4 is 15.9 Å². The van der Waals surface area contributed by atoms with Gasteiger partial charge in [0.1, 0.15) is 0 Å². The molecular formula is C9H21N3O3S. The predicted molar refractivity (Wildman–Crippen MR) is 63.9 cm³/mol. The van der Waals surface area contributed by atoms with E-state index in [1.54, 1.807) is 13.8 Å². The number of sulfonamides is 1. The Morgan fingerprint density at radius 2 is 2.06 bits per heavy atom. The average Bonchev–Trinajstić information content (AvgIpc) is 2.21. The maximum absolute atomic E-state index is 11.9. The van der Waals surface area contributed by atoms with E-state index in [-0.39, 0.29) is 24.2 Å². The summed E-state index contributed by atoms with van der Waals surface area (Å²) in [5.74, 6) is -0.00538. The Morgan fingerprint density at radius 1 is 1.50 bits per heavy atom. The molecule has 0 aliphatic carbocycles. The molecule has 0 spiro atoms. The number of unbranched alkanes of at least 4 members (excludes halogenated alkanes) is 1. The minimum Gasteiger partial charge on any atom is -0.409 e. The van der Waals surface area contributed by atoms with Gasteiger partial charge in [-0.05, 0) is 20.3 Å². The van der Waals surface area contributed by atoms with Crippen molar-refractivity contribution in [2.75, 3.05) is 12.3 Å². The lowest BCUT2D eigenvalue weighted by atomic mass is 10.4. The largest absolute Gasteiger partial charge is 0.409 e. The molecule has 0 rings (SSSR count). The number of oxime groups is 1. The third-order valence-electron chi connectivity index (χ3n) is 2.14. The molecule has 0 aromatic carbocycles. The fourth-order valence-electron chi connectivity index (χ4n) is 1.24. The number of rotatable bonds is 7. The summed E-state index contributed by atoms with van der Waals surface area (Å²) in [5.41, 5.74) is 5.33. The molecule has 0 atom stereocenters. The fraction of sp³-hybridized carbons (Fsp3) is 0.889. The molecule has 0 fully saturated rings. The fourth-order valence-corrected chi connectivity index (χ4v) is 3.10. The van der Waals surface area contributed by atoms with Gasteiger partial charge in [0.15, 0.2) is 5.84 Å². The van der Waals surface area contributed by atoms with Gasteiger partial charge in [-0.25, -0.2) is 8.42 Å². The Balaban J connectivity index is 4.77. The van der Waals surface area contributed by atoms with Crippen LogP contribution in [-0.2, 0) is 10.0 Å². The predicted octanol–water partition coefficient (Wildman–Crippen LogP) is 0.573. The molecule has 0 aliphatic heterocycles. The average molecular weight is 251 g/mol. The summed E-state index contributed by atoms with van der Waals surface area (Å²) >= 11 is 0. The first kappa shape index (κ1) is 15.2. The highest BCUT2D eigenvalue weighted by molar-refractivity contribution is 7.89. The lowest BCUT2D eigenvalue weighted by Gasteiger charge is -2.25. The molecule has 0 unspecified atom stereocenters. The van der Waals surface area contributed by atoms with Crippen molar-refractivity contribution in [3.63, 3.8) is 0 Å². The molecular weight excluding hydrogens is 230 g/mol. The molecule has 0 radical (unpaired) electrons. The summed E-state index contributed by atoms with van der Waals surface area (Å²) in [7, 11) is -3.33. The number of nitrogens with zero attached hydrogens (tertiary/aromatic N) is 2. The van der Waals surface area contributed by atoms with Crippen LogP contribution in [0.5, 0.6) is 0 Å².